The predicted molar refractivity (Wildman–Crippen MR) is 97.6 cm³/mol. The summed E-state index contributed by atoms with van der Waals surface area (Å²) in [4.78, 5) is 23.7. The van der Waals surface area contributed by atoms with Crippen molar-refractivity contribution < 1.29 is 23.5 Å². The van der Waals surface area contributed by atoms with Crippen LogP contribution in [0.15, 0.2) is 0 Å². The molecule has 0 saturated heterocycles. The molecule has 0 aliphatic carbocycles. The zero-order valence-corrected chi connectivity index (χ0v) is 17.7. The maximum Gasteiger partial charge on any atom is 0.408 e. The zero-order valence-electron chi connectivity index (χ0n) is 16.7. The Morgan fingerprint density at radius 1 is 1.08 bits per heavy atom. The lowest BCUT2D eigenvalue weighted by Crippen LogP contribution is -2.44. The van der Waals surface area contributed by atoms with Crippen molar-refractivity contribution in [2.75, 3.05) is 13.7 Å². The molecule has 0 aromatic rings. The van der Waals surface area contributed by atoms with Gasteiger partial charge in [0, 0.05) is 6.61 Å². The predicted octanol–water partition coefficient (Wildman–Crippen LogP) is 3.85. The molecule has 1 N–H and O–H groups in total. The average molecular weight is 362 g/mol. The third-order valence-electron chi connectivity index (χ3n) is 4.08. The maximum atomic E-state index is 11.8. The summed E-state index contributed by atoms with van der Waals surface area (Å²) in [5, 5.41) is 2.71. The molecule has 0 aliphatic rings. The smallest absolute Gasteiger partial charge is 0.408 e. The molecule has 6 nitrogen and oxygen atoms in total. The Morgan fingerprint density at radius 3 is 2.04 bits per heavy atom. The fourth-order valence-corrected chi connectivity index (χ4v) is 2.76. The molecule has 0 radical (unpaired) electrons. The van der Waals surface area contributed by atoms with E-state index in [9.17, 15) is 9.59 Å². The van der Waals surface area contributed by atoms with E-state index >= 15 is 0 Å². The molecule has 1 amide bonds. The van der Waals surface area contributed by atoms with Crippen LogP contribution in [-0.2, 0) is 18.7 Å². The fraction of sp³-hybridized carbons (Fsp3) is 0.882. The standard InChI is InChI=1S/C17H35NO5Si/c1-16(2,3)23-15(20)18-13(14(19)21-7)11-10-12-22-24(8,9)17(4,5)6/h13H,10-12H2,1-9H3,(H,18,20)/t13-/m0/s1. The van der Waals surface area contributed by atoms with Crippen molar-refractivity contribution in [1.82, 2.24) is 5.32 Å². The Hall–Kier alpha value is -1.08. The lowest BCUT2D eigenvalue weighted by atomic mass is 10.1. The molecule has 0 fully saturated rings. The number of esters is 1. The molecule has 0 aromatic heterocycles. The number of methoxy groups -OCH3 is 1. The van der Waals surface area contributed by atoms with Crippen LogP contribution in [0.25, 0.3) is 0 Å². The van der Waals surface area contributed by atoms with E-state index in [4.69, 9.17) is 13.9 Å². The molecule has 142 valence electrons. The van der Waals surface area contributed by atoms with Gasteiger partial charge in [0.05, 0.1) is 7.11 Å². The fourth-order valence-electron chi connectivity index (χ4n) is 1.67. The van der Waals surface area contributed by atoms with E-state index in [1.807, 2.05) is 0 Å². The highest BCUT2D eigenvalue weighted by atomic mass is 28.4. The van der Waals surface area contributed by atoms with Gasteiger partial charge in [0.1, 0.15) is 11.6 Å². The van der Waals surface area contributed by atoms with Crippen LogP contribution in [-0.4, -0.2) is 45.7 Å². The molecule has 0 spiro atoms. The lowest BCUT2D eigenvalue weighted by Gasteiger charge is -2.36. The molecule has 1 atom stereocenters. The lowest BCUT2D eigenvalue weighted by molar-refractivity contribution is -0.143. The van der Waals surface area contributed by atoms with Gasteiger partial charge in [-0.25, -0.2) is 9.59 Å². The molecule has 0 rings (SSSR count). The molecular weight excluding hydrogens is 326 g/mol. The van der Waals surface area contributed by atoms with Crippen molar-refractivity contribution in [3.8, 4) is 0 Å². The monoisotopic (exact) mass is 361 g/mol. The summed E-state index contributed by atoms with van der Waals surface area (Å²) in [6, 6.07) is -0.729. The summed E-state index contributed by atoms with van der Waals surface area (Å²) in [6.07, 6.45) is 0.478. The van der Waals surface area contributed by atoms with E-state index in [1.165, 1.54) is 7.11 Å². The number of amides is 1. The number of alkyl carbamates (subject to hydrolysis) is 1. The second-order valence-electron chi connectivity index (χ2n) is 8.47. The normalized spacial score (nSPS) is 14.0. The number of hydrogen-bond donors (Lipinski definition) is 1. The van der Waals surface area contributed by atoms with E-state index in [-0.39, 0.29) is 5.04 Å². The number of ether oxygens (including phenoxy) is 2. The Balaban J connectivity index is 4.51. The Kier molecular flexibility index (Phi) is 8.45. The van der Waals surface area contributed by atoms with Gasteiger partial charge >= 0.3 is 12.1 Å². The van der Waals surface area contributed by atoms with E-state index in [1.54, 1.807) is 20.8 Å². The first-order chi connectivity index (χ1) is 10.7. The van der Waals surface area contributed by atoms with Gasteiger partial charge in [-0.3, -0.25) is 0 Å². The van der Waals surface area contributed by atoms with Crippen LogP contribution in [0, 0.1) is 0 Å². The van der Waals surface area contributed by atoms with Crippen LogP contribution >= 0.6 is 0 Å². The van der Waals surface area contributed by atoms with Crippen LogP contribution < -0.4 is 5.32 Å². The number of carbonyl (C=O) groups is 2. The van der Waals surface area contributed by atoms with E-state index in [2.05, 4.69) is 39.2 Å². The zero-order chi connectivity index (χ0) is 19.2. The Morgan fingerprint density at radius 2 is 1.62 bits per heavy atom. The Bertz CT molecular complexity index is 424. The van der Waals surface area contributed by atoms with Gasteiger partial charge in [-0.1, -0.05) is 20.8 Å². The van der Waals surface area contributed by atoms with Gasteiger partial charge in [0.25, 0.3) is 0 Å². The number of rotatable bonds is 7. The minimum absolute atomic E-state index is 0.142. The highest BCUT2D eigenvalue weighted by molar-refractivity contribution is 6.74. The summed E-state index contributed by atoms with van der Waals surface area (Å²) in [5.41, 5.74) is -0.615. The van der Waals surface area contributed by atoms with E-state index in [0.717, 1.165) is 0 Å². The molecular formula is C17H35NO5Si. The summed E-state index contributed by atoms with van der Waals surface area (Å²) in [7, 11) is -0.501. The summed E-state index contributed by atoms with van der Waals surface area (Å²) in [5.74, 6) is -0.479. The van der Waals surface area contributed by atoms with Crippen LogP contribution in [0.3, 0.4) is 0 Å². The summed E-state index contributed by atoms with van der Waals surface area (Å²) in [6.45, 7) is 16.8. The molecule has 24 heavy (non-hydrogen) atoms. The molecule has 0 aromatic carbocycles. The number of hydrogen-bond acceptors (Lipinski definition) is 5. The van der Waals surface area contributed by atoms with Crippen molar-refractivity contribution in [2.24, 2.45) is 0 Å². The number of nitrogens with one attached hydrogen (secondary N) is 1. The topological polar surface area (TPSA) is 73.9 Å². The van der Waals surface area contributed by atoms with E-state index < -0.39 is 32.0 Å². The minimum Gasteiger partial charge on any atom is -0.467 e. The molecule has 7 heteroatoms. The second-order valence-corrected chi connectivity index (χ2v) is 13.3. The van der Waals surface area contributed by atoms with Gasteiger partial charge in [0.2, 0.25) is 0 Å². The average Bonchev–Trinajstić information content (AvgIpc) is 2.37. The highest BCUT2D eigenvalue weighted by Gasteiger charge is 2.37. The van der Waals surface area contributed by atoms with Crippen molar-refractivity contribution in [3.05, 3.63) is 0 Å². The van der Waals surface area contributed by atoms with Crippen molar-refractivity contribution in [3.63, 3.8) is 0 Å². The highest BCUT2D eigenvalue weighted by Crippen LogP contribution is 2.36. The largest absolute Gasteiger partial charge is 0.467 e. The molecule has 0 saturated carbocycles. The quantitative estimate of drug-likeness (QED) is 0.423. The molecule has 0 bridgehead atoms. The third kappa shape index (κ3) is 8.68. The SMILES string of the molecule is COC(=O)[C@H](CCCO[Si](C)(C)C(C)(C)C)NC(=O)OC(C)(C)C. The van der Waals surface area contributed by atoms with Crippen LogP contribution in [0.1, 0.15) is 54.4 Å². The summed E-state index contributed by atoms with van der Waals surface area (Å²) < 4.78 is 16.0. The van der Waals surface area contributed by atoms with Crippen molar-refractivity contribution in [1.29, 1.82) is 0 Å². The second kappa shape index (κ2) is 8.85. The summed E-state index contributed by atoms with van der Waals surface area (Å²) >= 11 is 0. The first-order valence-electron chi connectivity index (χ1n) is 8.41. The van der Waals surface area contributed by atoms with Crippen LogP contribution in [0.4, 0.5) is 4.79 Å². The first kappa shape index (κ1) is 22.9. The Labute approximate surface area is 147 Å². The van der Waals surface area contributed by atoms with Gasteiger partial charge < -0.3 is 19.2 Å². The van der Waals surface area contributed by atoms with Crippen LogP contribution in [0.2, 0.25) is 18.1 Å². The first-order valence-corrected chi connectivity index (χ1v) is 11.3. The minimum atomic E-state index is -1.80. The van der Waals surface area contributed by atoms with E-state index in [0.29, 0.717) is 19.4 Å². The molecule has 0 heterocycles. The maximum absolute atomic E-state index is 11.8. The van der Waals surface area contributed by atoms with Crippen molar-refractivity contribution in [2.45, 2.75) is 84.2 Å². The van der Waals surface area contributed by atoms with Gasteiger partial charge in [-0.15, -0.1) is 0 Å². The van der Waals surface area contributed by atoms with Crippen LogP contribution in [0.5, 0.6) is 0 Å². The van der Waals surface area contributed by atoms with Gasteiger partial charge in [-0.2, -0.15) is 0 Å². The third-order valence-corrected chi connectivity index (χ3v) is 8.62. The number of carbonyl (C=O) groups excluding carboxylic acids is 2. The van der Waals surface area contributed by atoms with Gasteiger partial charge in [-0.05, 0) is 51.7 Å². The molecule has 0 unspecified atom stereocenters. The van der Waals surface area contributed by atoms with Crippen molar-refractivity contribution >= 4 is 20.4 Å². The van der Waals surface area contributed by atoms with Gasteiger partial charge in [0.15, 0.2) is 8.32 Å². The molecule has 0 aliphatic heterocycles.